The van der Waals surface area contributed by atoms with Crippen molar-refractivity contribution < 1.29 is 14.7 Å². The van der Waals surface area contributed by atoms with E-state index in [4.69, 9.17) is 5.11 Å². The van der Waals surface area contributed by atoms with Gasteiger partial charge in [0.05, 0.1) is 11.6 Å². The summed E-state index contributed by atoms with van der Waals surface area (Å²) >= 11 is 3.42. The van der Waals surface area contributed by atoms with Crippen LogP contribution in [0.3, 0.4) is 0 Å². The van der Waals surface area contributed by atoms with Gasteiger partial charge < -0.3 is 15.7 Å². The van der Waals surface area contributed by atoms with Crippen molar-refractivity contribution in [2.24, 2.45) is 5.92 Å². The first-order valence-electron chi connectivity index (χ1n) is 6.35. The fourth-order valence-electron chi connectivity index (χ4n) is 1.76. The van der Waals surface area contributed by atoms with Gasteiger partial charge in [-0.2, -0.15) is 0 Å². The molecule has 0 aliphatic heterocycles. The maximum absolute atomic E-state index is 11.8. The van der Waals surface area contributed by atoms with Crippen LogP contribution in [0.25, 0.3) is 0 Å². The fraction of sp³-hybridized carbons (Fsp3) is 0.429. The summed E-state index contributed by atoms with van der Waals surface area (Å²) in [5.41, 5.74) is 2.79. The highest BCUT2D eigenvalue weighted by Gasteiger charge is 2.12. The van der Waals surface area contributed by atoms with Gasteiger partial charge in [-0.1, -0.05) is 13.0 Å². The number of carboxylic acids is 1. The molecule has 1 unspecified atom stereocenters. The molecule has 1 aromatic rings. The summed E-state index contributed by atoms with van der Waals surface area (Å²) in [6, 6.07) is 3.57. The lowest BCUT2D eigenvalue weighted by Gasteiger charge is -2.13. The van der Waals surface area contributed by atoms with Crippen LogP contribution >= 0.6 is 15.9 Å². The number of carbonyl (C=O) groups is 2. The van der Waals surface area contributed by atoms with Crippen LogP contribution in [0.2, 0.25) is 0 Å². The van der Waals surface area contributed by atoms with Gasteiger partial charge >= 0.3 is 12.0 Å². The number of amides is 2. The molecule has 0 spiro atoms. The predicted molar refractivity (Wildman–Crippen MR) is 82.1 cm³/mol. The van der Waals surface area contributed by atoms with Gasteiger partial charge in [0.25, 0.3) is 0 Å². The van der Waals surface area contributed by atoms with Crippen LogP contribution in [0.1, 0.15) is 24.5 Å². The Morgan fingerprint density at radius 3 is 2.55 bits per heavy atom. The average molecular weight is 343 g/mol. The molecule has 5 nitrogen and oxygen atoms in total. The van der Waals surface area contributed by atoms with E-state index in [0.717, 1.165) is 21.3 Å². The van der Waals surface area contributed by atoms with Gasteiger partial charge in [-0.15, -0.1) is 0 Å². The van der Waals surface area contributed by atoms with E-state index in [9.17, 15) is 9.59 Å². The first-order chi connectivity index (χ1) is 9.31. The normalized spacial score (nSPS) is 11.8. The molecular formula is C14H19BrN2O3. The first kappa shape index (κ1) is 16.5. The molecule has 6 heteroatoms. The Labute approximate surface area is 126 Å². The van der Waals surface area contributed by atoms with E-state index in [0.29, 0.717) is 13.0 Å². The van der Waals surface area contributed by atoms with Crippen molar-refractivity contribution in [3.63, 3.8) is 0 Å². The van der Waals surface area contributed by atoms with Crippen LogP contribution in [0.5, 0.6) is 0 Å². The molecule has 0 saturated carbocycles. The molecule has 1 atom stereocenters. The Morgan fingerprint density at radius 1 is 1.35 bits per heavy atom. The number of carboxylic acid groups (broad SMARTS) is 1. The second kappa shape index (κ2) is 7.28. The number of nitrogens with one attached hydrogen (secondary N) is 2. The Balaban J connectivity index is 2.53. The summed E-state index contributed by atoms with van der Waals surface area (Å²) in [5.74, 6) is -1.33. The van der Waals surface area contributed by atoms with Gasteiger partial charge in [0.1, 0.15) is 0 Å². The Morgan fingerprint density at radius 2 is 2.00 bits per heavy atom. The third-order valence-electron chi connectivity index (χ3n) is 2.95. The van der Waals surface area contributed by atoms with Crippen LogP contribution in [0.4, 0.5) is 10.5 Å². The van der Waals surface area contributed by atoms with E-state index in [1.54, 1.807) is 6.92 Å². The summed E-state index contributed by atoms with van der Waals surface area (Å²) < 4.78 is 0.823. The van der Waals surface area contributed by atoms with Gasteiger partial charge in [-0.3, -0.25) is 4.79 Å². The van der Waals surface area contributed by atoms with E-state index in [-0.39, 0.29) is 6.03 Å². The zero-order valence-electron chi connectivity index (χ0n) is 11.8. The van der Waals surface area contributed by atoms with Crippen LogP contribution in [-0.2, 0) is 4.79 Å². The Kier molecular flexibility index (Phi) is 6.01. The standard InChI is InChI=1S/C14H19BrN2O3/c1-8-6-10(3)12(11(15)7-8)17-14(20)16-5-4-9(2)13(18)19/h6-7,9H,4-5H2,1-3H3,(H,18,19)(H2,16,17,20). The lowest BCUT2D eigenvalue weighted by atomic mass is 10.1. The number of aryl methyl sites for hydroxylation is 2. The van der Waals surface area contributed by atoms with Gasteiger partial charge in [0.2, 0.25) is 0 Å². The number of hydrogen-bond donors (Lipinski definition) is 3. The maximum Gasteiger partial charge on any atom is 0.319 e. The van der Waals surface area contributed by atoms with E-state index in [1.807, 2.05) is 26.0 Å². The Hall–Kier alpha value is -1.56. The molecular weight excluding hydrogens is 324 g/mol. The molecule has 0 radical (unpaired) electrons. The Bertz CT molecular complexity index is 494. The maximum atomic E-state index is 11.8. The number of carbonyl (C=O) groups excluding carboxylic acids is 1. The molecule has 2 amide bonds. The molecule has 0 saturated heterocycles. The summed E-state index contributed by atoms with van der Waals surface area (Å²) in [5, 5.41) is 14.2. The largest absolute Gasteiger partial charge is 0.481 e. The molecule has 110 valence electrons. The van der Waals surface area contributed by atoms with Gasteiger partial charge in [0.15, 0.2) is 0 Å². The molecule has 0 fully saturated rings. The summed E-state index contributed by atoms with van der Waals surface area (Å²) in [7, 11) is 0. The third-order valence-corrected chi connectivity index (χ3v) is 3.58. The quantitative estimate of drug-likeness (QED) is 0.768. The van der Waals surface area contributed by atoms with Crippen LogP contribution in [0, 0.1) is 19.8 Å². The third kappa shape index (κ3) is 4.85. The molecule has 0 aromatic heterocycles. The highest BCUT2D eigenvalue weighted by molar-refractivity contribution is 9.10. The van der Waals surface area contributed by atoms with Gasteiger partial charge in [0, 0.05) is 11.0 Å². The lowest BCUT2D eigenvalue weighted by molar-refractivity contribution is -0.141. The average Bonchev–Trinajstić information content (AvgIpc) is 2.33. The van der Waals surface area contributed by atoms with Crippen molar-refractivity contribution in [3.05, 3.63) is 27.7 Å². The first-order valence-corrected chi connectivity index (χ1v) is 7.15. The van der Waals surface area contributed by atoms with Gasteiger partial charge in [-0.25, -0.2) is 4.79 Å². The monoisotopic (exact) mass is 342 g/mol. The van der Waals surface area contributed by atoms with E-state index < -0.39 is 11.9 Å². The number of anilines is 1. The molecule has 1 rings (SSSR count). The minimum absolute atomic E-state index is 0.321. The van der Waals surface area contributed by atoms with Crippen molar-refractivity contribution in [1.82, 2.24) is 5.32 Å². The van der Waals surface area contributed by atoms with Crippen molar-refractivity contribution in [2.75, 3.05) is 11.9 Å². The number of benzene rings is 1. The van der Waals surface area contributed by atoms with E-state index in [1.165, 1.54) is 0 Å². The van der Waals surface area contributed by atoms with Crippen LogP contribution in [-0.4, -0.2) is 23.7 Å². The molecule has 0 heterocycles. The number of halogens is 1. The molecule has 0 bridgehead atoms. The second-order valence-electron chi connectivity index (χ2n) is 4.85. The highest BCUT2D eigenvalue weighted by atomic mass is 79.9. The van der Waals surface area contributed by atoms with Crippen molar-refractivity contribution in [2.45, 2.75) is 27.2 Å². The fourth-order valence-corrected chi connectivity index (χ4v) is 2.53. The van der Waals surface area contributed by atoms with E-state index >= 15 is 0 Å². The summed E-state index contributed by atoms with van der Waals surface area (Å²) in [4.78, 5) is 22.4. The zero-order valence-corrected chi connectivity index (χ0v) is 13.4. The second-order valence-corrected chi connectivity index (χ2v) is 5.70. The smallest absolute Gasteiger partial charge is 0.319 e. The highest BCUT2D eigenvalue weighted by Crippen LogP contribution is 2.27. The topological polar surface area (TPSA) is 78.4 Å². The molecule has 20 heavy (non-hydrogen) atoms. The zero-order chi connectivity index (χ0) is 15.3. The van der Waals surface area contributed by atoms with E-state index in [2.05, 4.69) is 26.6 Å². The number of hydrogen-bond acceptors (Lipinski definition) is 2. The minimum atomic E-state index is -0.857. The number of urea groups is 1. The SMILES string of the molecule is Cc1cc(C)c(NC(=O)NCCC(C)C(=O)O)c(Br)c1. The minimum Gasteiger partial charge on any atom is -0.481 e. The lowest BCUT2D eigenvalue weighted by Crippen LogP contribution is -2.31. The predicted octanol–water partition coefficient (Wildman–Crippen LogP) is 3.30. The van der Waals surface area contributed by atoms with Gasteiger partial charge in [-0.05, 0) is 53.4 Å². The number of aliphatic carboxylic acids is 1. The molecule has 0 aliphatic carbocycles. The van der Waals surface area contributed by atoms with Crippen LogP contribution in [0.15, 0.2) is 16.6 Å². The molecule has 0 aliphatic rings. The van der Waals surface area contributed by atoms with Crippen molar-refractivity contribution >= 4 is 33.6 Å². The van der Waals surface area contributed by atoms with Crippen LogP contribution < -0.4 is 10.6 Å². The number of rotatable bonds is 5. The summed E-state index contributed by atoms with van der Waals surface area (Å²) in [6.07, 6.45) is 0.400. The summed E-state index contributed by atoms with van der Waals surface area (Å²) in [6.45, 7) is 5.83. The molecule has 1 aromatic carbocycles. The van der Waals surface area contributed by atoms with Crippen molar-refractivity contribution in [3.8, 4) is 0 Å². The van der Waals surface area contributed by atoms with Crippen molar-refractivity contribution in [1.29, 1.82) is 0 Å². The molecule has 3 N–H and O–H groups in total.